The summed E-state index contributed by atoms with van der Waals surface area (Å²) in [6, 6.07) is 63.4. The van der Waals surface area contributed by atoms with Crippen molar-refractivity contribution < 1.29 is 8.83 Å². The molecule has 11 aromatic rings. The molecule has 0 saturated carbocycles. The Balaban J connectivity index is 1.16. The summed E-state index contributed by atoms with van der Waals surface area (Å²) in [4.78, 5) is 10.5. The van der Waals surface area contributed by atoms with E-state index >= 15 is 0 Å². The molecule has 4 heteroatoms. The van der Waals surface area contributed by atoms with Crippen molar-refractivity contribution in [3.63, 3.8) is 0 Å². The number of hydrogen-bond acceptors (Lipinski definition) is 4. The van der Waals surface area contributed by atoms with Crippen LogP contribution in [0.4, 0.5) is 0 Å². The Morgan fingerprint density at radius 2 is 0.815 bits per heavy atom. The summed E-state index contributed by atoms with van der Waals surface area (Å²) in [6.45, 7) is 0. The lowest BCUT2D eigenvalue weighted by molar-refractivity contribution is 0.668. The summed E-state index contributed by atoms with van der Waals surface area (Å²) >= 11 is 0. The van der Waals surface area contributed by atoms with Crippen LogP contribution in [-0.2, 0) is 0 Å². The van der Waals surface area contributed by atoms with Gasteiger partial charge in [-0.25, -0.2) is 9.97 Å². The van der Waals surface area contributed by atoms with Gasteiger partial charge in [-0.2, -0.15) is 0 Å². The lowest BCUT2D eigenvalue weighted by Gasteiger charge is -2.14. The Labute approximate surface area is 310 Å². The van der Waals surface area contributed by atoms with Crippen molar-refractivity contribution in [1.82, 2.24) is 9.97 Å². The molecule has 54 heavy (non-hydrogen) atoms. The Kier molecular flexibility index (Phi) is 6.82. The summed E-state index contributed by atoms with van der Waals surface area (Å²) in [7, 11) is 0. The molecule has 3 aromatic heterocycles. The van der Waals surface area contributed by atoms with Gasteiger partial charge in [0, 0.05) is 38.2 Å². The monoisotopic (exact) mass is 690 g/mol. The van der Waals surface area contributed by atoms with Gasteiger partial charge >= 0.3 is 0 Å². The molecule has 8 aromatic carbocycles. The van der Waals surface area contributed by atoms with Crippen molar-refractivity contribution in [2.45, 2.75) is 0 Å². The molecule has 0 amide bonds. The van der Waals surface area contributed by atoms with E-state index in [0.29, 0.717) is 5.82 Å². The molecule has 0 aliphatic carbocycles. The van der Waals surface area contributed by atoms with E-state index in [1.54, 1.807) is 0 Å². The summed E-state index contributed by atoms with van der Waals surface area (Å²) in [5.41, 5.74) is 12.6. The minimum absolute atomic E-state index is 0.681. The third kappa shape index (κ3) is 5.07. The normalized spacial score (nSPS) is 11.7. The Morgan fingerprint density at radius 1 is 0.296 bits per heavy atom. The van der Waals surface area contributed by atoms with Crippen LogP contribution in [-0.4, -0.2) is 9.97 Å². The number of para-hydroxylation sites is 2. The van der Waals surface area contributed by atoms with Gasteiger partial charge in [-0.05, 0) is 93.7 Å². The highest BCUT2D eigenvalue weighted by molar-refractivity contribution is 6.08. The van der Waals surface area contributed by atoms with Crippen LogP contribution < -0.4 is 0 Å². The molecule has 0 atom stereocenters. The van der Waals surface area contributed by atoms with Crippen LogP contribution in [0.5, 0.6) is 0 Å². The molecule has 252 valence electrons. The quantitative estimate of drug-likeness (QED) is 0.180. The first-order valence-electron chi connectivity index (χ1n) is 18.1. The predicted octanol–water partition coefficient (Wildman–Crippen LogP) is 13.8. The largest absolute Gasteiger partial charge is 0.456 e. The molecule has 3 heterocycles. The highest BCUT2D eigenvalue weighted by atomic mass is 16.3. The molecular weight excluding hydrogens is 661 g/mol. The number of furan rings is 2. The van der Waals surface area contributed by atoms with Gasteiger partial charge in [-0.1, -0.05) is 121 Å². The van der Waals surface area contributed by atoms with Gasteiger partial charge in [0.15, 0.2) is 5.82 Å². The van der Waals surface area contributed by atoms with Crippen molar-refractivity contribution in [2.24, 2.45) is 0 Å². The van der Waals surface area contributed by atoms with Gasteiger partial charge in [0.2, 0.25) is 0 Å². The second-order valence-corrected chi connectivity index (χ2v) is 13.8. The van der Waals surface area contributed by atoms with E-state index in [1.165, 1.54) is 5.39 Å². The number of benzene rings is 8. The molecule has 0 fully saturated rings. The lowest BCUT2D eigenvalue weighted by atomic mass is 9.93. The van der Waals surface area contributed by atoms with Gasteiger partial charge in [-0.15, -0.1) is 0 Å². The maximum atomic E-state index is 6.21. The first-order valence-corrected chi connectivity index (χ1v) is 18.1. The van der Waals surface area contributed by atoms with Crippen LogP contribution >= 0.6 is 0 Å². The highest BCUT2D eigenvalue weighted by Crippen LogP contribution is 2.39. The molecular formula is C50H30N2O2. The zero-order chi connectivity index (χ0) is 35.6. The maximum absolute atomic E-state index is 6.21. The highest BCUT2D eigenvalue weighted by Gasteiger charge is 2.17. The summed E-state index contributed by atoms with van der Waals surface area (Å²) in [5.74, 6) is 0.681. The van der Waals surface area contributed by atoms with Crippen molar-refractivity contribution in [3.05, 3.63) is 182 Å². The van der Waals surface area contributed by atoms with Gasteiger partial charge in [0.05, 0.1) is 11.4 Å². The first-order chi connectivity index (χ1) is 26.7. The molecule has 0 N–H and O–H groups in total. The molecule has 0 spiro atoms. The Bertz CT molecular complexity index is 3090. The van der Waals surface area contributed by atoms with E-state index < -0.39 is 0 Å². The molecule has 0 aliphatic rings. The maximum Gasteiger partial charge on any atom is 0.160 e. The van der Waals surface area contributed by atoms with E-state index in [0.717, 1.165) is 99.6 Å². The molecule has 11 rings (SSSR count). The van der Waals surface area contributed by atoms with Crippen molar-refractivity contribution in [1.29, 1.82) is 0 Å². The number of aromatic nitrogens is 2. The second-order valence-electron chi connectivity index (χ2n) is 13.8. The average molecular weight is 691 g/mol. The molecule has 0 saturated heterocycles. The SMILES string of the molecule is c1ccc(-c2nc(-c3cc(-c4ccc5oc6ccccc6c5c4)cc(-c4ccc5oc6ccccc6c5c4)c3)cc(-c3cccc4ccccc34)n2)cc1. The van der Waals surface area contributed by atoms with Gasteiger partial charge in [0.25, 0.3) is 0 Å². The minimum Gasteiger partial charge on any atom is -0.456 e. The van der Waals surface area contributed by atoms with Crippen molar-refractivity contribution in [3.8, 4) is 56.2 Å². The van der Waals surface area contributed by atoms with E-state index in [1.807, 2.05) is 42.5 Å². The summed E-state index contributed by atoms with van der Waals surface area (Å²) in [5, 5.41) is 6.71. The van der Waals surface area contributed by atoms with Gasteiger partial charge < -0.3 is 8.83 Å². The number of hydrogen-bond donors (Lipinski definition) is 0. The van der Waals surface area contributed by atoms with Crippen LogP contribution in [0.25, 0.3) is 111 Å². The van der Waals surface area contributed by atoms with E-state index in [-0.39, 0.29) is 0 Å². The van der Waals surface area contributed by atoms with Crippen molar-refractivity contribution in [2.75, 3.05) is 0 Å². The molecule has 0 bridgehead atoms. The fourth-order valence-corrected chi connectivity index (χ4v) is 7.82. The van der Waals surface area contributed by atoms with Crippen LogP contribution in [0.1, 0.15) is 0 Å². The Hall–Kier alpha value is -7.30. The summed E-state index contributed by atoms with van der Waals surface area (Å²) in [6.07, 6.45) is 0. The zero-order valence-corrected chi connectivity index (χ0v) is 29.0. The average Bonchev–Trinajstić information content (AvgIpc) is 3.81. The number of nitrogens with zero attached hydrogens (tertiary/aromatic N) is 2. The third-order valence-corrected chi connectivity index (χ3v) is 10.5. The van der Waals surface area contributed by atoms with Crippen LogP contribution in [0.2, 0.25) is 0 Å². The minimum atomic E-state index is 0.681. The molecule has 0 unspecified atom stereocenters. The second kappa shape index (κ2) is 12.1. The molecule has 0 radical (unpaired) electrons. The summed E-state index contributed by atoms with van der Waals surface area (Å²) < 4.78 is 12.4. The molecule has 4 nitrogen and oxygen atoms in total. The first kappa shape index (κ1) is 30.3. The fraction of sp³-hybridized carbons (Fsp3) is 0. The van der Waals surface area contributed by atoms with Crippen LogP contribution in [0.3, 0.4) is 0 Å². The standard InChI is InChI=1S/C50H30N2O2/c1-2-12-32(13-3-1)50-51-44(30-45(52-50)39-18-10-14-31-11-4-5-15-38(31)39)37-26-35(33-21-23-48-42(28-33)40-16-6-8-19-46(40)53-48)25-36(27-37)34-22-24-49-43(29-34)41-17-7-9-20-47(41)54-49/h1-30H. The zero-order valence-electron chi connectivity index (χ0n) is 29.0. The van der Waals surface area contributed by atoms with E-state index in [2.05, 4.69) is 140 Å². The fourth-order valence-electron chi connectivity index (χ4n) is 7.82. The topological polar surface area (TPSA) is 52.1 Å². The van der Waals surface area contributed by atoms with Crippen molar-refractivity contribution >= 4 is 54.6 Å². The predicted molar refractivity (Wildman–Crippen MR) is 221 cm³/mol. The van der Waals surface area contributed by atoms with E-state index in [4.69, 9.17) is 18.8 Å². The molecule has 0 aliphatic heterocycles. The van der Waals surface area contributed by atoms with Gasteiger partial charge in [0.1, 0.15) is 22.3 Å². The lowest BCUT2D eigenvalue weighted by Crippen LogP contribution is -1.97. The number of fused-ring (bicyclic) bond motifs is 7. The number of rotatable bonds is 5. The third-order valence-electron chi connectivity index (χ3n) is 10.5. The smallest absolute Gasteiger partial charge is 0.160 e. The van der Waals surface area contributed by atoms with E-state index in [9.17, 15) is 0 Å². The Morgan fingerprint density at radius 3 is 1.48 bits per heavy atom. The van der Waals surface area contributed by atoms with Crippen LogP contribution in [0, 0.1) is 0 Å². The van der Waals surface area contributed by atoms with Gasteiger partial charge in [-0.3, -0.25) is 0 Å². The van der Waals surface area contributed by atoms with Crippen LogP contribution in [0.15, 0.2) is 191 Å².